The average Bonchev–Trinajstić information content (AvgIpc) is 2.48. The molecule has 0 saturated heterocycles. The summed E-state index contributed by atoms with van der Waals surface area (Å²) in [6.45, 7) is 2.91. The molecule has 1 fully saturated rings. The highest BCUT2D eigenvalue weighted by Crippen LogP contribution is 2.38. The van der Waals surface area contributed by atoms with Crippen molar-refractivity contribution in [3.63, 3.8) is 0 Å². The molecule has 0 radical (unpaired) electrons. The summed E-state index contributed by atoms with van der Waals surface area (Å²) >= 11 is 0. The van der Waals surface area contributed by atoms with Gasteiger partial charge in [0.2, 0.25) is 0 Å². The highest BCUT2D eigenvalue weighted by molar-refractivity contribution is 6.00. The lowest BCUT2D eigenvalue weighted by Crippen LogP contribution is -2.40. The third kappa shape index (κ3) is 2.95. The number of nitrogens with zero attached hydrogens (tertiary/aromatic N) is 1. The standard InChI is InChI=1S/C15H22N2O2/c1-2-19-13-8-12(9-17-10-13)14(18)15(11-16)6-4-3-5-7-15/h8-10H,2-7,11,16H2,1H3. The van der Waals surface area contributed by atoms with Crippen LogP contribution in [-0.2, 0) is 0 Å². The first kappa shape index (κ1) is 14.0. The molecular weight excluding hydrogens is 240 g/mol. The number of carbonyl (C=O) groups is 1. The first-order valence-corrected chi connectivity index (χ1v) is 7.04. The average molecular weight is 262 g/mol. The number of carbonyl (C=O) groups excluding carboxylic acids is 1. The van der Waals surface area contributed by atoms with Crippen LogP contribution in [0.4, 0.5) is 0 Å². The molecular formula is C15H22N2O2. The number of nitrogens with two attached hydrogens (primary N) is 1. The van der Waals surface area contributed by atoms with Crippen LogP contribution in [0, 0.1) is 5.41 Å². The Kier molecular flexibility index (Phi) is 4.53. The molecule has 0 aromatic carbocycles. The van der Waals surface area contributed by atoms with E-state index in [0.29, 0.717) is 24.5 Å². The SMILES string of the molecule is CCOc1cncc(C(=O)C2(CN)CCCCC2)c1. The zero-order chi connectivity index (χ0) is 13.7. The minimum absolute atomic E-state index is 0.128. The molecule has 0 atom stereocenters. The van der Waals surface area contributed by atoms with E-state index in [0.717, 1.165) is 25.7 Å². The van der Waals surface area contributed by atoms with Gasteiger partial charge in [0.25, 0.3) is 0 Å². The Morgan fingerprint density at radius 2 is 2.11 bits per heavy atom. The number of Topliss-reactive ketones (excluding diaryl/α,β-unsaturated/α-hetero) is 1. The lowest BCUT2D eigenvalue weighted by atomic mass is 9.69. The predicted octanol–water partition coefficient (Wildman–Crippen LogP) is 2.57. The Morgan fingerprint density at radius 1 is 1.37 bits per heavy atom. The number of ketones is 1. The van der Waals surface area contributed by atoms with Gasteiger partial charge in [-0.15, -0.1) is 0 Å². The summed E-state index contributed by atoms with van der Waals surface area (Å²) in [5, 5.41) is 0. The third-order valence-corrected chi connectivity index (χ3v) is 3.97. The fourth-order valence-corrected chi connectivity index (χ4v) is 2.85. The van der Waals surface area contributed by atoms with E-state index in [9.17, 15) is 4.79 Å². The van der Waals surface area contributed by atoms with Crippen molar-refractivity contribution in [1.82, 2.24) is 4.98 Å². The Bertz CT molecular complexity index is 440. The van der Waals surface area contributed by atoms with Crippen molar-refractivity contribution in [3.8, 4) is 5.75 Å². The van der Waals surface area contributed by atoms with E-state index in [1.807, 2.05) is 6.92 Å². The molecule has 4 nitrogen and oxygen atoms in total. The maximum atomic E-state index is 12.7. The van der Waals surface area contributed by atoms with Crippen LogP contribution in [0.15, 0.2) is 18.5 Å². The van der Waals surface area contributed by atoms with Gasteiger partial charge in [0.15, 0.2) is 5.78 Å². The molecule has 1 aliphatic carbocycles. The second-order valence-electron chi connectivity index (χ2n) is 5.22. The van der Waals surface area contributed by atoms with Crippen molar-refractivity contribution < 1.29 is 9.53 Å². The molecule has 0 aliphatic heterocycles. The van der Waals surface area contributed by atoms with Gasteiger partial charge in [-0.3, -0.25) is 9.78 Å². The van der Waals surface area contributed by atoms with Crippen LogP contribution >= 0.6 is 0 Å². The molecule has 1 saturated carbocycles. The quantitative estimate of drug-likeness (QED) is 0.828. The predicted molar refractivity (Wildman–Crippen MR) is 74.3 cm³/mol. The zero-order valence-electron chi connectivity index (χ0n) is 11.5. The van der Waals surface area contributed by atoms with Gasteiger partial charge < -0.3 is 10.5 Å². The summed E-state index contributed by atoms with van der Waals surface area (Å²) in [5.41, 5.74) is 6.14. The smallest absolute Gasteiger partial charge is 0.171 e. The highest BCUT2D eigenvalue weighted by atomic mass is 16.5. The van der Waals surface area contributed by atoms with Gasteiger partial charge in [-0.2, -0.15) is 0 Å². The van der Waals surface area contributed by atoms with Gasteiger partial charge in [0.05, 0.1) is 12.8 Å². The van der Waals surface area contributed by atoms with Crippen LogP contribution in [0.1, 0.15) is 49.4 Å². The monoisotopic (exact) mass is 262 g/mol. The number of hydrogen-bond donors (Lipinski definition) is 1. The fourth-order valence-electron chi connectivity index (χ4n) is 2.85. The van der Waals surface area contributed by atoms with Crippen LogP contribution in [0.2, 0.25) is 0 Å². The van der Waals surface area contributed by atoms with E-state index in [4.69, 9.17) is 10.5 Å². The fraction of sp³-hybridized carbons (Fsp3) is 0.600. The lowest BCUT2D eigenvalue weighted by Gasteiger charge is -2.34. The zero-order valence-corrected chi connectivity index (χ0v) is 11.5. The van der Waals surface area contributed by atoms with Crippen LogP contribution in [-0.4, -0.2) is 23.9 Å². The Morgan fingerprint density at radius 3 is 2.74 bits per heavy atom. The van der Waals surface area contributed by atoms with Crippen LogP contribution < -0.4 is 10.5 Å². The van der Waals surface area contributed by atoms with Gasteiger partial charge in [0.1, 0.15) is 5.75 Å². The van der Waals surface area contributed by atoms with E-state index < -0.39 is 0 Å². The van der Waals surface area contributed by atoms with Crippen molar-refractivity contribution in [1.29, 1.82) is 0 Å². The van der Waals surface area contributed by atoms with Gasteiger partial charge in [0, 0.05) is 23.7 Å². The molecule has 2 rings (SSSR count). The van der Waals surface area contributed by atoms with Gasteiger partial charge in [-0.1, -0.05) is 19.3 Å². The maximum absolute atomic E-state index is 12.7. The minimum Gasteiger partial charge on any atom is -0.492 e. The third-order valence-electron chi connectivity index (χ3n) is 3.97. The van der Waals surface area contributed by atoms with E-state index in [1.165, 1.54) is 6.42 Å². The van der Waals surface area contributed by atoms with E-state index in [-0.39, 0.29) is 11.2 Å². The van der Waals surface area contributed by atoms with Crippen molar-refractivity contribution in [3.05, 3.63) is 24.0 Å². The summed E-state index contributed by atoms with van der Waals surface area (Å²) in [5.74, 6) is 0.778. The molecule has 0 bridgehead atoms. The van der Waals surface area contributed by atoms with Gasteiger partial charge >= 0.3 is 0 Å². The Hall–Kier alpha value is -1.42. The van der Waals surface area contributed by atoms with Crippen LogP contribution in [0.3, 0.4) is 0 Å². The summed E-state index contributed by atoms with van der Waals surface area (Å²) in [6, 6.07) is 1.78. The normalized spacial score (nSPS) is 18.0. The molecule has 0 unspecified atom stereocenters. The van der Waals surface area contributed by atoms with Crippen LogP contribution in [0.5, 0.6) is 5.75 Å². The van der Waals surface area contributed by atoms with Crippen molar-refractivity contribution in [2.24, 2.45) is 11.1 Å². The second-order valence-corrected chi connectivity index (χ2v) is 5.22. The first-order chi connectivity index (χ1) is 9.22. The largest absolute Gasteiger partial charge is 0.492 e. The number of ether oxygens (including phenoxy) is 1. The molecule has 1 aromatic heterocycles. The molecule has 104 valence electrons. The second kappa shape index (κ2) is 6.15. The molecule has 4 heteroatoms. The Balaban J connectivity index is 2.24. The molecule has 2 N–H and O–H groups in total. The lowest BCUT2D eigenvalue weighted by molar-refractivity contribution is 0.0728. The molecule has 1 aromatic rings. The minimum atomic E-state index is -0.384. The molecule has 1 heterocycles. The number of aromatic nitrogens is 1. The highest BCUT2D eigenvalue weighted by Gasteiger charge is 2.38. The maximum Gasteiger partial charge on any atom is 0.171 e. The number of rotatable bonds is 5. The molecule has 0 amide bonds. The van der Waals surface area contributed by atoms with Gasteiger partial charge in [-0.25, -0.2) is 0 Å². The summed E-state index contributed by atoms with van der Waals surface area (Å²) in [6.07, 6.45) is 8.41. The van der Waals surface area contributed by atoms with Crippen molar-refractivity contribution in [2.75, 3.05) is 13.2 Å². The number of hydrogen-bond acceptors (Lipinski definition) is 4. The summed E-state index contributed by atoms with van der Waals surface area (Å²) < 4.78 is 5.40. The summed E-state index contributed by atoms with van der Waals surface area (Å²) in [7, 11) is 0. The topological polar surface area (TPSA) is 65.2 Å². The van der Waals surface area contributed by atoms with Gasteiger partial charge in [-0.05, 0) is 25.8 Å². The first-order valence-electron chi connectivity index (χ1n) is 7.04. The van der Waals surface area contributed by atoms with E-state index in [1.54, 1.807) is 18.5 Å². The number of pyridine rings is 1. The molecule has 1 aliphatic rings. The van der Waals surface area contributed by atoms with E-state index >= 15 is 0 Å². The molecule has 0 spiro atoms. The summed E-state index contributed by atoms with van der Waals surface area (Å²) in [4.78, 5) is 16.8. The van der Waals surface area contributed by atoms with Crippen LogP contribution in [0.25, 0.3) is 0 Å². The van der Waals surface area contributed by atoms with Crippen molar-refractivity contribution >= 4 is 5.78 Å². The Labute approximate surface area is 114 Å². The molecule has 19 heavy (non-hydrogen) atoms. The van der Waals surface area contributed by atoms with Crippen molar-refractivity contribution in [2.45, 2.75) is 39.0 Å². The van der Waals surface area contributed by atoms with E-state index in [2.05, 4.69) is 4.98 Å².